The second-order valence-electron chi connectivity index (χ2n) is 5.67. The highest BCUT2D eigenvalue weighted by molar-refractivity contribution is 5.19. The summed E-state index contributed by atoms with van der Waals surface area (Å²) in [5.74, 6) is 0.714. The van der Waals surface area contributed by atoms with Crippen molar-refractivity contribution in [3.8, 4) is 0 Å². The second kappa shape index (κ2) is 10.0. The zero-order valence-corrected chi connectivity index (χ0v) is 13.0. The molecule has 1 aromatic rings. The van der Waals surface area contributed by atoms with E-state index in [1.165, 1.54) is 44.1 Å². The largest absolute Gasteiger partial charge is 0.310 e. The molecule has 2 unspecified atom stereocenters. The first-order valence-electron chi connectivity index (χ1n) is 8.07. The Morgan fingerprint density at radius 1 is 0.947 bits per heavy atom. The van der Waals surface area contributed by atoms with Crippen LogP contribution in [0.5, 0.6) is 0 Å². The molecule has 0 spiro atoms. The Morgan fingerprint density at radius 2 is 1.68 bits per heavy atom. The lowest BCUT2D eigenvalue weighted by Gasteiger charge is -2.26. The average molecular weight is 261 g/mol. The topological polar surface area (TPSA) is 12.0 Å². The summed E-state index contributed by atoms with van der Waals surface area (Å²) >= 11 is 0. The summed E-state index contributed by atoms with van der Waals surface area (Å²) in [7, 11) is 0. The van der Waals surface area contributed by atoms with Gasteiger partial charge in [-0.1, -0.05) is 76.8 Å². The van der Waals surface area contributed by atoms with Gasteiger partial charge in [0.05, 0.1) is 0 Å². The monoisotopic (exact) mass is 261 g/mol. The number of rotatable bonds is 10. The molecule has 0 aliphatic carbocycles. The fourth-order valence-corrected chi connectivity index (χ4v) is 2.67. The minimum Gasteiger partial charge on any atom is -0.310 e. The van der Waals surface area contributed by atoms with Gasteiger partial charge in [-0.3, -0.25) is 0 Å². The summed E-state index contributed by atoms with van der Waals surface area (Å²) in [6.07, 6.45) is 7.99. The molecule has 1 aromatic carbocycles. The predicted molar refractivity (Wildman–Crippen MR) is 85.4 cm³/mol. The van der Waals surface area contributed by atoms with Crippen molar-refractivity contribution in [1.29, 1.82) is 0 Å². The van der Waals surface area contributed by atoms with E-state index < -0.39 is 0 Å². The molecule has 1 nitrogen and oxygen atoms in total. The molecule has 1 N–H and O–H groups in total. The summed E-state index contributed by atoms with van der Waals surface area (Å²) in [6, 6.07) is 11.4. The van der Waals surface area contributed by atoms with Crippen LogP contribution >= 0.6 is 0 Å². The van der Waals surface area contributed by atoms with Crippen LogP contribution in [0.4, 0.5) is 0 Å². The average Bonchev–Trinajstić information content (AvgIpc) is 2.45. The van der Waals surface area contributed by atoms with Crippen molar-refractivity contribution >= 4 is 0 Å². The van der Waals surface area contributed by atoms with E-state index in [2.05, 4.69) is 56.4 Å². The maximum atomic E-state index is 3.73. The van der Waals surface area contributed by atoms with Gasteiger partial charge in [-0.2, -0.15) is 0 Å². The van der Waals surface area contributed by atoms with E-state index in [9.17, 15) is 0 Å². The molecule has 1 rings (SSSR count). The lowest BCUT2D eigenvalue weighted by Crippen LogP contribution is -2.27. The number of unbranched alkanes of at least 4 members (excludes halogenated alkanes) is 3. The van der Waals surface area contributed by atoms with Crippen LogP contribution in [0.25, 0.3) is 0 Å². The zero-order valence-electron chi connectivity index (χ0n) is 13.0. The van der Waals surface area contributed by atoms with E-state index in [1.807, 2.05) is 0 Å². The van der Waals surface area contributed by atoms with E-state index >= 15 is 0 Å². The normalized spacial score (nSPS) is 14.3. The molecule has 0 saturated carbocycles. The third-order valence-electron chi connectivity index (χ3n) is 3.85. The van der Waals surface area contributed by atoms with Gasteiger partial charge in [0.2, 0.25) is 0 Å². The van der Waals surface area contributed by atoms with Gasteiger partial charge in [0.25, 0.3) is 0 Å². The molecular weight excluding hydrogens is 230 g/mol. The van der Waals surface area contributed by atoms with Gasteiger partial charge in [-0.15, -0.1) is 0 Å². The van der Waals surface area contributed by atoms with E-state index in [4.69, 9.17) is 0 Å². The van der Waals surface area contributed by atoms with Crippen molar-refractivity contribution < 1.29 is 0 Å². The highest BCUT2D eigenvalue weighted by Crippen LogP contribution is 2.26. The SMILES string of the molecule is CCCCCCC(C)C(NCCC)c1ccccc1. The minimum atomic E-state index is 0.516. The minimum absolute atomic E-state index is 0.516. The van der Waals surface area contributed by atoms with Gasteiger partial charge in [0.15, 0.2) is 0 Å². The smallest absolute Gasteiger partial charge is 0.0346 e. The van der Waals surface area contributed by atoms with E-state index in [0.29, 0.717) is 12.0 Å². The molecule has 1 heteroatoms. The third kappa shape index (κ3) is 6.24. The Balaban J connectivity index is 2.53. The van der Waals surface area contributed by atoms with E-state index in [-0.39, 0.29) is 0 Å². The molecule has 0 aliphatic heterocycles. The van der Waals surface area contributed by atoms with Crippen molar-refractivity contribution in [2.75, 3.05) is 6.54 Å². The second-order valence-corrected chi connectivity index (χ2v) is 5.67. The molecule has 0 aliphatic rings. The highest BCUT2D eigenvalue weighted by atomic mass is 14.9. The maximum absolute atomic E-state index is 3.73. The molecule has 0 radical (unpaired) electrons. The Kier molecular flexibility index (Phi) is 8.57. The van der Waals surface area contributed by atoms with Gasteiger partial charge < -0.3 is 5.32 Å². The summed E-state index contributed by atoms with van der Waals surface area (Å²) in [4.78, 5) is 0. The molecular formula is C18H31N. The van der Waals surface area contributed by atoms with Crippen LogP contribution in [0.1, 0.15) is 70.9 Å². The van der Waals surface area contributed by atoms with Gasteiger partial charge in [0, 0.05) is 6.04 Å². The summed E-state index contributed by atoms with van der Waals surface area (Å²) in [5.41, 5.74) is 1.44. The lowest BCUT2D eigenvalue weighted by atomic mass is 9.90. The molecule has 108 valence electrons. The van der Waals surface area contributed by atoms with Gasteiger partial charge >= 0.3 is 0 Å². The lowest BCUT2D eigenvalue weighted by molar-refractivity contribution is 0.354. The number of benzene rings is 1. The third-order valence-corrected chi connectivity index (χ3v) is 3.85. The van der Waals surface area contributed by atoms with E-state index in [1.54, 1.807) is 0 Å². The first-order valence-corrected chi connectivity index (χ1v) is 8.07. The maximum Gasteiger partial charge on any atom is 0.0346 e. The van der Waals surface area contributed by atoms with Crippen LogP contribution in [-0.4, -0.2) is 6.54 Å². The Hall–Kier alpha value is -0.820. The fraction of sp³-hybridized carbons (Fsp3) is 0.667. The van der Waals surface area contributed by atoms with Crippen LogP contribution in [0.2, 0.25) is 0 Å². The number of nitrogens with one attached hydrogen (secondary N) is 1. The van der Waals surface area contributed by atoms with Crippen molar-refractivity contribution in [3.05, 3.63) is 35.9 Å². The van der Waals surface area contributed by atoms with Crippen LogP contribution in [0.15, 0.2) is 30.3 Å². The van der Waals surface area contributed by atoms with Crippen LogP contribution in [-0.2, 0) is 0 Å². The summed E-state index contributed by atoms with van der Waals surface area (Å²) in [5, 5.41) is 3.73. The van der Waals surface area contributed by atoms with Crippen molar-refractivity contribution in [2.24, 2.45) is 5.92 Å². The first kappa shape index (κ1) is 16.2. The van der Waals surface area contributed by atoms with Crippen molar-refractivity contribution in [1.82, 2.24) is 5.32 Å². The summed E-state index contributed by atoms with van der Waals surface area (Å²) in [6.45, 7) is 8.02. The Labute approximate surface area is 119 Å². The quantitative estimate of drug-likeness (QED) is 0.561. The van der Waals surface area contributed by atoms with Gasteiger partial charge in [-0.05, 0) is 30.9 Å². The molecule has 2 atom stereocenters. The highest BCUT2D eigenvalue weighted by Gasteiger charge is 2.17. The van der Waals surface area contributed by atoms with Crippen LogP contribution < -0.4 is 5.32 Å². The van der Waals surface area contributed by atoms with Gasteiger partial charge in [0.1, 0.15) is 0 Å². The molecule has 0 fully saturated rings. The van der Waals surface area contributed by atoms with Gasteiger partial charge in [-0.25, -0.2) is 0 Å². The number of hydrogen-bond acceptors (Lipinski definition) is 1. The van der Waals surface area contributed by atoms with Crippen LogP contribution in [0.3, 0.4) is 0 Å². The van der Waals surface area contributed by atoms with Crippen molar-refractivity contribution in [3.63, 3.8) is 0 Å². The van der Waals surface area contributed by atoms with Crippen LogP contribution in [0, 0.1) is 5.92 Å². The zero-order chi connectivity index (χ0) is 13.9. The standard InChI is InChI=1S/C18H31N/c1-4-6-7-9-12-16(3)18(19-15-5-2)17-13-10-8-11-14-17/h8,10-11,13-14,16,18-19H,4-7,9,12,15H2,1-3H3. The van der Waals surface area contributed by atoms with Crippen molar-refractivity contribution in [2.45, 2.75) is 65.3 Å². The summed E-state index contributed by atoms with van der Waals surface area (Å²) < 4.78 is 0. The molecule has 0 bridgehead atoms. The molecule has 0 amide bonds. The Morgan fingerprint density at radius 3 is 2.32 bits per heavy atom. The number of hydrogen-bond donors (Lipinski definition) is 1. The fourth-order valence-electron chi connectivity index (χ4n) is 2.67. The molecule has 0 heterocycles. The molecule has 0 aromatic heterocycles. The first-order chi connectivity index (χ1) is 9.29. The van der Waals surface area contributed by atoms with E-state index in [0.717, 1.165) is 6.54 Å². The predicted octanol–water partition coefficient (Wildman–Crippen LogP) is 5.33. The Bertz CT molecular complexity index is 307. The molecule has 19 heavy (non-hydrogen) atoms. The molecule has 0 saturated heterocycles.